The molecule has 0 bridgehead atoms. The van der Waals surface area contributed by atoms with Gasteiger partial charge in [-0.25, -0.2) is 9.37 Å². The van der Waals surface area contributed by atoms with Gasteiger partial charge in [0.05, 0.1) is 17.5 Å². The molecule has 180 valence electrons. The average molecular weight is 511 g/mol. The van der Waals surface area contributed by atoms with Crippen LogP contribution in [0.5, 0.6) is 5.75 Å². The summed E-state index contributed by atoms with van der Waals surface area (Å²) in [5.41, 5.74) is 2.66. The van der Waals surface area contributed by atoms with Crippen molar-refractivity contribution in [2.45, 2.75) is 44.2 Å². The Kier molecular flexibility index (Phi) is 6.82. The van der Waals surface area contributed by atoms with Crippen LogP contribution in [0.15, 0.2) is 70.6 Å². The fourth-order valence-corrected chi connectivity index (χ4v) is 5.25. The summed E-state index contributed by atoms with van der Waals surface area (Å²) >= 11 is 7.53. The molecule has 3 aromatic carbocycles. The van der Waals surface area contributed by atoms with Crippen LogP contribution in [0.3, 0.4) is 0 Å². The second-order valence-electron chi connectivity index (χ2n) is 8.88. The van der Waals surface area contributed by atoms with Crippen LogP contribution in [-0.2, 0) is 23.6 Å². The van der Waals surface area contributed by atoms with Crippen LogP contribution in [0, 0.1) is 11.7 Å². The Morgan fingerprint density at radius 2 is 1.97 bits per heavy atom. The number of benzene rings is 3. The normalized spacial score (nSPS) is 15.3. The highest BCUT2D eigenvalue weighted by Gasteiger charge is 2.25. The predicted molar refractivity (Wildman–Crippen MR) is 136 cm³/mol. The molecule has 0 spiro atoms. The molecule has 0 saturated carbocycles. The second-order valence-corrected chi connectivity index (χ2v) is 10.3. The maximum Gasteiger partial charge on any atom is 0.262 e. The van der Waals surface area contributed by atoms with Gasteiger partial charge >= 0.3 is 0 Å². The number of hydrogen-bond acceptors (Lipinski definition) is 5. The van der Waals surface area contributed by atoms with Gasteiger partial charge in [-0.05, 0) is 36.2 Å². The van der Waals surface area contributed by atoms with Crippen molar-refractivity contribution in [1.82, 2.24) is 9.55 Å². The molecule has 0 unspecified atom stereocenters. The molecule has 0 fully saturated rings. The molecule has 35 heavy (non-hydrogen) atoms. The number of thioether (sulfide) groups is 1. The molecular formula is C27H24ClFN2O3S. The van der Waals surface area contributed by atoms with Gasteiger partial charge in [-0.2, -0.15) is 0 Å². The molecule has 0 amide bonds. The quantitative estimate of drug-likeness (QED) is 0.212. The van der Waals surface area contributed by atoms with Crippen molar-refractivity contribution in [1.29, 1.82) is 0 Å². The van der Waals surface area contributed by atoms with Crippen LogP contribution < -0.4 is 10.3 Å². The van der Waals surface area contributed by atoms with Gasteiger partial charge < -0.3 is 9.47 Å². The molecule has 0 N–H and O–H groups in total. The van der Waals surface area contributed by atoms with E-state index in [1.807, 2.05) is 44.2 Å². The predicted octanol–water partition coefficient (Wildman–Crippen LogP) is 6.75. The maximum absolute atomic E-state index is 14.5. The number of fused-ring (bicyclic) bond motifs is 2. The summed E-state index contributed by atoms with van der Waals surface area (Å²) in [6.07, 6.45) is -0.571. The standard InChI is InChI=1S/C27H24ClFN2O3S/c1-16(2)13-31-25(32)22-9-8-20(28)12-23(22)30-27(31)35-15-19-11-21(29)10-18-14-33-26(34-24(18)19)17-6-4-3-5-7-17/h3-12,16,26H,13-15H2,1-2H3/t26-/m0/s1. The molecule has 5 rings (SSSR count). The van der Waals surface area contributed by atoms with Crippen molar-refractivity contribution in [2.24, 2.45) is 5.92 Å². The summed E-state index contributed by atoms with van der Waals surface area (Å²) in [4.78, 5) is 18.0. The third-order valence-electron chi connectivity index (χ3n) is 5.68. The maximum atomic E-state index is 14.5. The van der Waals surface area contributed by atoms with E-state index in [9.17, 15) is 9.18 Å². The monoisotopic (exact) mass is 510 g/mol. The highest BCUT2D eigenvalue weighted by molar-refractivity contribution is 7.98. The van der Waals surface area contributed by atoms with Crippen molar-refractivity contribution < 1.29 is 13.9 Å². The van der Waals surface area contributed by atoms with Gasteiger partial charge in [-0.3, -0.25) is 9.36 Å². The minimum atomic E-state index is -0.571. The molecule has 0 radical (unpaired) electrons. The van der Waals surface area contributed by atoms with Crippen LogP contribution in [0.4, 0.5) is 4.39 Å². The van der Waals surface area contributed by atoms with Gasteiger partial charge in [0, 0.05) is 34.0 Å². The van der Waals surface area contributed by atoms with Crippen LogP contribution in [0.1, 0.15) is 36.8 Å². The molecule has 1 aliphatic rings. The Labute approximate surface area is 211 Å². The lowest BCUT2D eigenvalue weighted by molar-refractivity contribution is -0.112. The molecule has 1 atom stereocenters. The lowest BCUT2D eigenvalue weighted by atomic mass is 10.1. The van der Waals surface area contributed by atoms with Crippen molar-refractivity contribution in [3.63, 3.8) is 0 Å². The number of ether oxygens (including phenoxy) is 2. The van der Waals surface area contributed by atoms with Gasteiger partial charge in [0.15, 0.2) is 5.16 Å². The third-order valence-corrected chi connectivity index (χ3v) is 6.94. The third kappa shape index (κ3) is 5.08. The Morgan fingerprint density at radius 1 is 1.17 bits per heavy atom. The van der Waals surface area contributed by atoms with Gasteiger partial charge in [-0.15, -0.1) is 0 Å². The minimum absolute atomic E-state index is 0.113. The van der Waals surface area contributed by atoms with E-state index in [1.165, 1.54) is 23.9 Å². The fraction of sp³-hybridized carbons (Fsp3) is 0.259. The molecule has 4 aromatic rings. The number of aromatic nitrogens is 2. The molecule has 1 aromatic heterocycles. The molecule has 2 heterocycles. The first-order chi connectivity index (χ1) is 16.9. The Morgan fingerprint density at radius 3 is 2.74 bits per heavy atom. The average Bonchev–Trinajstić information content (AvgIpc) is 2.84. The van der Waals surface area contributed by atoms with Crippen molar-refractivity contribution in [3.8, 4) is 5.75 Å². The fourth-order valence-electron chi connectivity index (χ4n) is 4.11. The first kappa shape index (κ1) is 23.9. The number of nitrogens with zero attached hydrogens (tertiary/aromatic N) is 2. The van der Waals surface area contributed by atoms with E-state index in [0.29, 0.717) is 50.3 Å². The number of halogens is 2. The highest BCUT2D eigenvalue weighted by atomic mass is 35.5. The number of hydrogen-bond donors (Lipinski definition) is 0. The van der Waals surface area contributed by atoms with Crippen LogP contribution in [-0.4, -0.2) is 9.55 Å². The van der Waals surface area contributed by atoms with E-state index in [0.717, 1.165) is 5.56 Å². The summed E-state index contributed by atoms with van der Waals surface area (Å²) in [6.45, 7) is 4.87. The van der Waals surface area contributed by atoms with Crippen LogP contribution in [0.2, 0.25) is 5.02 Å². The summed E-state index contributed by atoms with van der Waals surface area (Å²) in [5.74, 6) is 0.869. The zero-order chi connectivity index (χ0) is 24.5. The lowest BCUT2D eigenvalue weighted by Crippen LogP contribution is -2.25. The molecule has 8 heteroatoms. The molecule has 0 aliphatic carbocycles. The summed E-state index contributed by atoms with van der Waals surface area (Å²) in [7, 11) is 0. The second kappa shape index (κ2) is 10.0. The lowest BCUT2D eigenvalue weighted by Gasteiger charge is -2.28. The van der Waals surface area contributed by atoms with Gasteiger partial charge in [0.1, 0.15) is 11.6 Å². The van der Waals surface area contributed by atoms with Gasteiger partial charge in [0.25, 0.3) is 5.56 Å². The van der Waals surface area contributed by atoms with E-state index in [-0.39, 0.29) is 23.9 Å². The molecule has 0 saturated heterocycles. The highest BCUT2D eigenvalue weighted by Crippen LogP contribution is 2.39. The minimum Gasteiger partial charge on any atom is -0.460 e. The van der Waals surface area contributed by atoms with Gasteiger partial charge in [-0.1, -0.05) is 67.5 Å². The SMILES string of the molecule is CC(C)Cn1c(SCc2cc(F)cc3c2O[C@@H](c2ccccc2)OC3)nc2cc(Cl)ccc2c1=O. The Balaban J connectivity index is 1.50. The first-order valence-electron chi connectivity index (χ1n) is 11.4. The smallest absolute Gasteiger partial charge is 0.262 e. The van der Waals surface area contributed by atoms with Crippen molar-refractivity contribution in [2.75, 3.05) is 0 Å². The molecule has 1 aliphatic heterocycles. The number of rotatable bonds is 6. The van der Waals surface area contributed by atoms with E-state index < -0.39 is 6.29 Å². The topological polar surface area (TPSA) is 53.4 Å². The Hall–Kier alpha value is -2.87. The van der Waals surface area contributed by atoms with Crippen LogP contribution in [0.25, 0.3) is 10.9 Å². The zero-order valence-electron chi connectivity index (χ0n) is 19.3. The van der Waals surface area contributed by atoms with Crippen LogP contribution >= 0.6 is 23.4 Å². The largest absolute Gasteiger partial charge is 0.460 e. The molecular weight excluding hydrogens is 487 g/mol. The van der Waals surface area contributed by atoms with E-state index in [1.54, 1.807) is 22.8 Å². The molecule has 5 nitrogen and oxygen atoms in total. The van der Waals surface area contributed by atoms with Crippen molar-refractivity contribution >= 4 is 34.3 Å². The Bertz CT molecular complexity index is 1440. The summed E-state index contributed by atoms with van der Waals surface area (Å²) in [6, 6.07) is 17.6. The van der Waals surface area contributed by atoms with E-state index >= 15 is 0 Å². The van der Waals surface area contributed by atoms with Gasteiger partial charge in [0.2, 0.25) is 6.29 Å². The van der Waals surface area contributed by atoms with E-state index in [2.05, 4.69) is 0 Å². The first-order valence-corrected chi connectivity index (χ1v) is 12.7. The van der Waals surface area contributed by atoms with E-state index in [4.69, 9.17) is 26.1 Å². The summed E-state index contributed by atoms with van der Waals surface area (Å²) < 4.78 is 28.2. The van der Waals surface area contributed by atoms with Crippen molar-refractivity contribution in [3.05, 3.63) is 98.5 Å². The zero-order valence-corrected chi connectivity index (χ0v) is 20.9. The summed E-state index contributed by atoms with van der Waals surface area (Å²) in [5, 5.41) is 1.60.